The molecule has 0 saturated carbocycles. The number of carbonyl (C=O) groups excluding carboxylic acids is 1. The summed E-state index contributed by atoms with van der Waals surface area (Å²) in [5.41, 5.74) is 0.0266. The van der Waals surface area contributed by atoms with Gasteiger partial charge in [-0.1, -0.05) is 6.07 Å². The molecule has 0 radical (unpaired) electrons. The van der Waals surface area contributed by atoms with Crippen LogP contribution in [-0.4, -0.2) is 12.9 Å². The van der Waals surface area contributed by atoms with Crippen LogP contribution in [0.4, 0.5) is 4.39 Å². The first kappa shape index (κ1) is 12.3. The summed E-state index contributed by atoms with van der Waals surface area (Å²) in [5, 5.41) is 1.78. The van der Waals surface area contributed by atoms with E-state index in [9.17, 15) is 9.18 Å². The highest BCUT2D eigenvalue weighted by Gasteiger charge is 2.18. The van der Waals surface area contributed by atoms with Gasteiger partial charge in [0.1, 0.15) is 0 Å². The lowest BCUT2D eigenvalue weighted by Crippen LogP contribution is -2.03. The van der Waals surface area contributed by atoms with Gasteiger partial charge in [-0.25, -0.2) is 4.39 Å². The number of hydrogen-bond acceptors (Lipinski definition) is 3. The maximum atomic E-state index is 13.9. The third-order valence-electron chi connectivity index (χ3n) is 2.22. The monoisotopic (exact) mass is 314 g/mol. The molecule has 2 aromatic rings. The molecular formula is C12H8BrFO2S. The van der Waals surface area contributed by atoms with E-state index in [1.807, 2.05) is 0 Å². The molecule has 2 nitrogen and oxygen atoms in total. The van der Waals surface area contributed by atoms with Crippen LogP contribution in [0.3, 0.4) is 0 Å². The summed E-state index contributed by atoms with van der Waals surface area (Å²) in [5.74, 6) is -0.881. The fourth-order valence-corrected chi connectivity index (χ4v) is 2.79. The molecule has 88 valence electrons. The summed E-state index contributed by atoms with van der Waals surface area (Å²) in [6.07, 6.45) is 0. The Hall–Kier alpha value is -1.20. The lowest BCUT2D eigenvalue weighted by molar-refractivity contribution is 0.103. The first-order valence-electron chi connectivity index (χ1n) is 4.74. The molecule has 1 aromatic heterocycles. The van der Waals surface area contributed by atoms with Crippen molar-refractivity contribution in [2.75, 3.05) is 7.11 Å². The predicted octanol–water partition coefficient (Wildman–Crippen LogP) is 3.89. The van der Waals surface area contributed by atoms with Crippen LogP contribution in [0.15, 0.2) is 34.1 Å². The zero-order valence-corrected chi connectivity index (χ0v) is 11.3. The van der Waals surface area contributed by atoms with Gasteiger partial charge in [0, 0.05) is 9.85 Å². The molecule has 0 aliphatic heterocycles. The molecule has 17 heavy (non-hydrogen) atoms. The summed E-state index contributed by atoms with van der Waals surface area (Å²) >= 11 is 4.53. The third kappa shape index (κ3) is 2.40. The van der Waals surface area contributed by atoms with E-state index >= 15 is 0 Å². The Balaban J connectivity index is 2.44. The summed E-state index contributed by atoms with van der Waals surface area (Å²) in [6.45, 7) is 0. The van der Waals surface area contributed by atoms with Crippen molar-refractivity contribution in [3.05, 3.63) is 50.4 Å². The van der Waals surface area contributed by atoms with Crippen molar-refractivity contribution >= 4 is 33.0 Å². The van der Waals surface area contributed by atoms with Crippen molar-refractivity contribution in [1.82, 2.24) is 0 Å². The summed E-state index contributed by atoms with van der Waals surface area (Å²) in [4.78, 5) is 12.5. The van der Waals surface area contributed by atoms with Crippen molar-refractivity contribution in [3.63, 3.8) is 0 Å². The molecule has 0 unspecified atom stereocenters. The van der Waals surface area contributed by atoms with Crippen molar-refractivity contribution in [1.29, 1.82) is 0 Å². The molecule has 0 amide bonds. The molecule has 0 N–H and O–H groups in total. The second-order valence-corrected chi connectivity index (χ2v) is 5.11. The smallest absolute Gasteiger partial charge is 0.206 e. The van der Waals surface area contributed by atoms with Gasteiger partial charge in [0.05, 0.1) is 17.6 Å². The van der Waals surface area contributed by atoms with E-state index in [4.69, 9.17) is 4.74 Å². The first-order chi connectivity index (χ1) is 8.13. The van der Waals surface area contributed by atoms with Crippen LogP contribution in [0, 0.1) is 5.82 Å². The number of hydrogen-bond donors (Lipinski definition) is 0. The molecule has 0 bridgehead atoms. The molecule has 1 heterocycles. The normalized spacial score (nSPS) is 10.3. The molecule has 5 heteroatoms. The Morgan fingerprint density at radius 2 is 2.24 bits per heavy atom. The number of benzene rings is 1. The number of methoxy groups -OCH3 is 1. The average molecular weight is 315 g/mol. The molecule has 0 atom stereocenters. The minimum atomic E-state index is -0.621. The van der Waals surface area contributed by atoms with Gasteiger partial charge in [0.25, 0.3) is 0 Å². The molecule has 0 aliphatic rings. The largest absolute Gasteiger partial charge is 0.494 e. The van der Waals surface area contributed by atoms with Gasteiger partial charge in [0.15, 0.2) is 11.6 Å². The van der Waals surface area contributed by atoms with Gasteiger partial charge >= 0.3 is 0 Å². The van der Waals surface area contributed by atoms with E-state index in [1.54, 1.807) is 17.5 Å². The van der Waals surface area contributed by atoms with Crippen LogP contribution in [0.5, 0.6) is 5.75 Å². The van der Waals surface area contributed by atoms with Gasteiger partial charge < -0.3 is 4.74 Å². The molecule has 0 saturated heterocycles. The zero-order valence-electron chi connectivity index (χ0n) is 8.87. The Morgan fingerprint density at radius 3 is 2.82 bits per heavy atom. The van der Waals surface area contributed by atoms with Crippen LogP contribution in [0.1, 0.15) is 15.2 Å². The van der Waals surface area contributed by atoms with Gasteiger partial charge in [-0.3, -0.25) is 4.79 Å². The molecule has 2 rings (SSSR count). The topological polar surface area (TPSA) is 26.3 Å². The summed E-state index contributed by atoms with van der Waals surface area (Å²) in [7, 11) is 1.37. The number of halogens is 2. The quantitative estimate of drug-likeness (QED) is 0.803. The van der Waals surface area contributed by atoms with Crippen LogP contribution >= 0.6 is 27.3 Å². The number of rotatable bonds is 3. The minimum absolute atomic E-state index is 0.0266. The average Bonchev–Trinajstić information content (AvgIpc) is 2.75. The number of carbonyl (C=O) groups is 1. The van der Waals surface area contributed by atoms with E-state index in [0.29, 0.717) is 4.88 Å². The van der Waals surface area contributed by atoms with Crippen molar-refractivity contribution in [2.24, 2.45) is 0 Å². The molecule has 0 aliphatic carbocycles. The van der Waals surface area contributed by atoms with E-state index in [1.165, 1.54) is 30.6 Å². The van der Waals surface area contributed by atoms with Crippen LogP contribution < -0.4 is 4.74 Å². The Bertz CT molecular complexity index is 565. The summed E-state index contributed by atoms with van der Waals surface area (Å²) in [6, 6.07) is 6.20. The van der Waals surface area contributed by atoms with E-state index in [2.05, 4.69) is 15.9 Å². The van der Waals surface area contributed by atoms with Gasteiger partial charge in [-0.2, -0.15) is 0 Å². The van der Waals surface area contributed by atoms with E-state index in [0.717, 1.165) is 4.47 Å². The third-order valence-corrected chi connectivity index (χ3v) is 3.91. The highest BCUT2D eigenvalue weighted by Crippen LogP contribution is 2.26. The zero-order chi connectivity index (χ0) is 12.4. The van der Waals surface area contributed by atoms with E-state index < -0.39 is 5.82 Å². The predicted molar refractivity (Wildman–Crippen MR) is 68.4 cm³/mol. The highest BCUT2D eigenvalue weighted by molar-refractivity contribution is 9.10. The molecule has 0 fully saturated rings. The molecule has 1 aromatic carbocycles. The first-order valence-corrected chi connectivity index (χ1v) is 6.42. The Morgan fingerprint density at radius 1 is 1.47 bits per heavy atom. The van der Waals surface area contributed by atoms with Crippen molar-refractivity contribution < 1.29 is 13.9 Å². The minimum Gasteiger partial charge on any atom is -0.494 e. The van der Waals surface area contributed by atoms with Gasteiger partial charge in [0.2, 0.25) is 5.78 Å². The maximum absolute atomic E-state index is 13.9. The van der Waals surface area contributed by atoms with Crippen LogP contribution in [0.25, 0.3) is 0 Å². The van der Waals surface area contributed by atoms with Gasteiger partial charge in [-0.05, 0) is 34.1 Å². The SMILES string of the molecule is COc1cccc(C(=O)c2cc(Br)cs2)c1F. The van der Waals surface area contributed by atoms with Gasteiger partial charge in [-0.15, -0.1) is 11.3 Å². The Kier molecular flexibility index (Phi) is 3.59. The number of ether oxygens (including phenoxy) is 1. The number of ketones is 1. The molecular weight excluding hydrogens is 307 g/mol. The maximum Gasteiger partial charge on any atom is 0.206 e. The molecule has 0 spiro atoms. The second kappa shape index (κ2) is 4.98. The lowest BCUT2D eigenvalue weighted by atomic mass is 10.1. The van der Waals surface area contributed by atoms with E-state index in [-0.39, 0.29) is 17.1 Å². The van der Waals surface area contributed by atoms with Crippen molar-refractivity contribution in [3.8, 4) is 5.75 Å². The summed E-state index contributed by atoms with van der Waals surface area (Å²) < 4.78 is 19.5. The number of thiophene rings is 1. The van der Waals surface area contributed by atoms with Crippen LogP contribution in [-0.2, 0) is 0 Å². The van der Waals surface area contributed by atoms with Crippen LogP contribution in [0.2, 0.25) is 0 Å². The fraction of sp³-hybridized carbons (Fsp3) is 0.0833. The lowest BCUT2D eigenvalue weighted by Gasteiger charge is -2.05. The standard InChI is InChI=1S/C12H8BrFO2S/c1-16-9-4-2-3-8(11(9)14)12(15)10-5-7(13)6-17-10/h2-6H,1H3. The Labute approximate surface area is 110 Å². The second-order valence-electron chi connectivity index (χ2n) is 3.28. The van der Waals surface area contributed by atoms with Crippen molar-refractivity contribution in [2.45, 2.75) is 0 Å². The fourth-order valence-electron chi connectivity index (χ4n) is 1.41. The highest BCUT2D eigenvalue weighted by atomic mass is 79.9.